The second-order valence-corrected chi connectivity index (χ2v) is 5.46. The Balaban J connectivity index is 2.42. The molecule has 0 heterocycles. The first-order chi connectivity index (χ1) is 7.90. The molecule has 94 valence electrons. The number of alkyl halides is 1. The number of rotatable bonds is 3. The molecule has 0 aliphatic carbocycles. The third-order valence-electron chi connectivity index (χ3n) is 2.02. The SMILES string of the molecule is CC(C)(C)NC(=O)OCc1ccc(CBr)cc1. The first-order valence-electron chi connectivity index (χ1n) is 5.49. The summed E-state index contributed by atoms with van der Waals surface area (Å²) in [6.45, 7) is 6.04. The molecule has 0 radical (unpaired) electrons. The van der Waals surface area contributed by atoms with Crippen LogP contribution in [-0.2, 0) is 16.7 Å². The Labute approximate surface area is 111 Å². The number of ether oxygens (including phenoxy) is 1. The molecule has 0 spiro atoms. The number of hydrogen-bond acceptors (Lipinski definition) is 2. The fourth-order valence-corrected chi connectivity index (χ4v) is 1.59. The fourth-order valence-electron chi connectivity index (χ4n) is 1.22. The molecule has 0 saturated heterocycles. The average molecular weight is 300 g/mol. The van der Waals surface area contributed by atoms with E-state index in [9.17, 15) is 4.79 Å². The zero-order valence-electron chi connectivity index (χ0n) is 10.4. The molecule has 0 bridgehead atoms. The number of benzene rings is 1. The summed E-state index contributed by atoms with van der Waals surface area (Å²) in [6.07, 6.45) is -0.387. The third-order valence-corrected chi connectivity index (χ3v) is 2.67. The first kappa shape index (κ1) is 14.0. The van der Waals surface area contributed by atoms with Gasteiger partial charge in [0.2, 0.25) is 0 Å². The van der Waals surface area contributed by atoms with Crippen LogP contribution in [0.15, 0.2) is 24.3 Å². The maximum atomic E-state index is 11.4. The molecular weight excluding hydrogens is 282 g/mol. The highest BCUT2D eigenvalue weighted by atomic mass is 79.9. The summed E-state index contributed by atoms with van der Waals surface area (Å²) in [7, 11) is 0. The Morgan fingerprint density at radius 2 is 1.76 bits per heavy atom. The molecule has 4 heteroatoms. The lowest BCUT2D eigenvalue weighted by atomic mass is 10.1. The van der Waals surface area contributed by atoms with Crippen LogP contribution in [0.2, 0.25) is 0 Å². The van der Waals surface area contributed by atoms with Crippen molar-refractivity contribution in [2.75, 3.05) is 0 Å². The topological polar surface area (TPSA) is 38.3 Å². The highest BCUT2D eigenvalue weighted by molar-refractivity contribution is 9.08. The smallest absolute Gasteiger partial charge is 0.407 e. The van der Waals surface area contributed by atoms with Crippen LogP contribution in [0, 0.1) is 0 Å². The van der Waals surface area contributed by atoms with Gasteiger partial charge in [-0.05, 0) is 31.9 Å². The molecule has 0 aliphatic heterocycles. The Bertz CT molecular complexity index is 368. The summed E-state index contributed by atoms with van der Waals surface area (Å²) in [5.41, 5.74) is 1.92. The van der Waals surface area contributed by atoms with Gasteiger partial charge >= 0.3 is 6.09 Å². The summed E-state index contributed by atoms with van der Waals surface area (Å²) in [5.74, 6) is 0. The van der Waals surface area contributed by atoms with Crippen molar-refractivity contribution in [3.8, 4) is 0 Å². The second kappa shape index (κ2) is 6.05. The molecule has 3 nitrogen and oxygen atoms in total. The molecule has 1 rings (SSSR count). The quantitative estimate of drug-likeness (QED) is 0.866. The van der Waals surface area contributed by atoms with Crippen molar-refractivity contribution in [1.29, 1.82) is 0 Å². The zero-order chi connectivity index (χ0) is 12.9. The summed E-state index contributed by atoms with van der Waals surface area (Å²) >= 11 is 3.38. The number of carbonyl (C=O) groups is 1. The van der Waals surface area contributed by atoms with E-state index in [0.717, 1.165) is 10.9 Å². The van der Waals surface area contributed by atoms with Crippen molar-refractivity contribution in [3.63, 3.8) is 0 Å². The lowest BCUT2D eigenvalue weighted by Gasteiger charge is -2.19. The number of carbonyl (C=O) groups excluding carboxylic acids is 1. The number of hydrogen-bond donors (Lipinski definition) is 1. The van der Waals surface area contributed by atoms with E-state index in [1.807, 2.05) is 45.0 Å². The van der Waals surface area contributed by atoms with Crippen LogP contribution < -0.4 is 5.32 Å². The van der Waals surface area contributed by atoms with Crippen LogP contribution >= 0.6 is 15.9 Å². The average Bonchev–Trinajstić information content (AvgIpc) is 2.25. The molecule has 0 fully saturated rings. The van der Waals surface area contributed by atoms with Gasteiger partial charge in [-0.2, -0.15) is 0 Å². The molecule has 0 atom stereocenters. The van der Waals surface area contributed by atoms with E-state index < -0.39 is 0 Å². The van der Waals surface area contributed by atoms with E-state index in [2.05, 4.69) is 21.2 Å². The second-order valence-electron chi connectivity index (χ2n) is 4.90. The Hall–Kier alpha value is -1.03. The van der Waals surface area contributed by atoms with Crippen LogP contribution in [0.1, 0.15) is 31.9 Å². The van der Waals surface area contributed by atoms with Crippen molar-refractivity contribution in [2.24, 2.45) is 0 Å². The number of nitrogens with one attached hydrogen (secondary N) is 1. The fraction of sp³-hybridized carbons (Fsp3) is 0.462. The Morgan fingerprint density at radius 1 is 1.24 bits per heavy atom. The highest BCUT2D eigenvalue weighted by Gasteiger charge is 2.14. The molecule has 0 aliphatic rings. The van der Waals surface area contributed by atoms with Crippen LogP contribution in [0.4, 0.5) is 4.79 Å². The maximum absolute atomic E-state index is 11.4. The Morgan fingerprint density at radius 3 is 2.24 bits per heavy atom. The van der Waals surface area contributed by atoms with E-state index in [1.165, 1.54) is 5.56 Å². The summed E-state index contributed by atoms with van der Waals surface area (Å²) in [4.78, 5) is 11.4. The van der Waals surface area contributed by atoms with E-state index in [1.54, 1.807) is 0 Å². The third kappa shape index (κ3) is 5.73. The van der Waals surface area contributed by atoms with Gasteiger partial charge in [-0.1, -0.05) is 40.2 Å². The van der Waals surface area contributed by atoms with Gasteiger partial charge in [0, 0.05) is 10.9 Å². The monoisotopic (exact) mass is 299 g/mol. The normalized spacial score (nSPS) is 11.1. The van der Waals surface area contributed by atoms with Crippen molar-refractivity contribution < 1.29 is 9.53 Å². The van der Waals surface area contributed by atoms with Crippen molar-refractivity contribution in [1.82, 2.24) is 5.32 Å². The van der Waals surface area contributed by atoms with Gasteiger partial charge in [-0.15, -0.1) is 0 Å². The highest BCUT2D eigenvalue weighted by Crippen LogP contribution is 2.09. The lowest BCUT2D eigenvalue weighted by Crippen LogP contribution is -2.40. The molecule has 1 aromatic carbocycles. The molecule has 1 N–H and O–H groups in total. The summed E-state index contributed by atoms with van der Waals surface area (Å²) in [6, 6.07) is 7.94. The summed E-state index contributed by atoms with van der Waals surface area (Å²) in [5, 5.41) is 3.58. The van der Waals surface area contributed by atoms with Crippen molar-refractivity contribution in [2.45, 2.75) is 38.2 Å². The van der Waals surface area contributed by atoms with E-state index >= 15 is 0 Å². The molecular formula is C13H18BrNO2. The molecule has 0 saturated carbocycles. The van der Waals surface area contributed by atoms with Gasteiger partial charge < -0.3 is 10.1 Å². The lowest BCUT2D eigenvalue weighted by molar-refractivity contribution is 0.131. The number of halogens is 1. The minimum atomic E-state index is -0.387. The van der Waals surface area contributed by atoms with Gasteiger partial charge in [0.15, 0.2) is 0 Å². The van der Waals surface area contributed by atoms with Crippen LogP contribution in [-0.4, -0.2) is 11.6 Å². The van der Waals surface area contributed by atoms with E-state index in [-0.39, 0.29) is 11.6 Å². The predicted molar refractivity (Wildman–Crippen MR) is 72.1 cm³/mol. The zero-order valence-corrected chi connectivity index (χ0v) is 12.0. The molecule has 0 aromatic heterocycles. The first-order valence-corrected chi connectivity index (χ1v) is 6.61. The van der Waals surface area contributed by atoms with Gasteiger partial charge in [0.1, 0.15) is 6.61 Å². The van der Waals surface area contributed by atoms with E-state index in [4.69, 9.17) is 4.74 Å². The van der Waals surface area contributed by atoms with Crippen LogP contribution in [0.5, 0.6) is 0 Å². The summed E-state index contributed by atoms with van der Waals surface area (Å²) < 4.78 is 5.12. The van der Waals surface area contributed by atoms with Gasteiger partial charge in [0.05, 0.1) is 0 Å². The largest absolute Gasteiger partial charge is 0.445 e. The van der Waals surface area contributed by atoms with Crippen molar-refractivity contribution in [3.05, 3.63) is 35.4 Å². The van der Waals surface area contributed by atoms with Gasteiger partial charge in [-0.3, -0.25) is 0 Å². The van der Waals surface area contributed by atoms with Crippen molar-refractivity contribution >= 4 is 22.0 Å². The van der Waals surface area contributed by atoms with Crippen LogP contribution in [0.25, 0.3) is 0 Å². The number of alkyl carbamates (subject to hydrolysis) is 1. The Kier molecular flexibility index (Phi) is 5.00. The minimum Gasteiger partial charge on any atom is -0.445 e. The van der Waals surface area contributed by atoms with Crippen LogP contribution in [0.3, 0.4) is 0 Å². The minimum absolute atomic E-state index is 0.267. The molecule has 0 unspecified atom stereocenters. The number of amides is 1. The predicted octanol–water partition coefficient (Wildman–Crippen LogP) is 3.61. The van der Waals surface area contributed by atoms with E-state index in [0.29, 0.717) is 6.61 Å². The maximum Gasteiger partial charge on any atom is 0.407 e. The molecule has 1 aromatic rings. The van der Waals surface area contributed by atoms with Gasteiger partial charge in [0.25, 0.3) is 0 Å². The molecule has 1 amide bonds. The molecule has 17 heavy (non-hydrogen) atoms. The van der Waals surface area contributed by atoms with Gasteiger partial charge in [-0.25, -0.2) is 4.79 Å². The standard InChI is InChI=1S/C13H18BrNO2/c1-13(2,3)15-12(16)17-9-11-6-4-10(8-14)5-7-11/h4-7H,8-9H2,1-3H3,(H,15,16).